The molecule has 1 amide bonds. The van der Waals surface area contributed by atoms with Crippen molar-refractivity contribution in [2.24, 2.45) is 5.92 Å². The summed E-state index contributed by atoms with van der Waals surface area (Å²) in [4.78, 5) is 18.4. The first-order valence-electron chi connectivity index (χ1n) is 8.14. The number of benzene rings is 1. The maximum Gasteiger partial charge on any atom is 0.230 e. The van der Waals surface area contributed by atoms with Crippen LogP contribution in [0.1, 0.15) is 18.1 Å². The Morgan fingerprint density at radius 2 is 2.25 bits per heavy atom. The number of amides is 1. The molecule has 1 aromatic carbocycles. The fourth-order valence-electron chi connectivity index (χ4n) is 2.82. The van der Waals surface area contributed by atoms with Crippen LogP contribution in [0.3, 0.4) is 0 Å². The van der Waals surface area contributed by atoms with E-state index in [4.69, 9.17) is 4.52 Å². The van der Waals surface area contributed by atoms with Crippen molar-refractivity contribution >= 4 is 23.4 Å². The summed E-state index contributed by atoms with van der Waals surface area (Å²) in [5.41, 5.74) is 1.26. The number of hydrogen-bond donors (Lipinski definition) is 1. The summed E-state index contributed by atoms with van der Waals surface area (Å²) < 4.78 is 4.90. The maximum absolute atomic E-state index is 11.9. The molecule has 7 heteroatoms. The molecule has 0 spiro atoms. The van der Waals surface area contributed by atoms with Gasteiger partial charge in [0.25, 0.3) is 0 Å². The lowest BCUT2D eigenvalue weighted by Gasteiger charge is -2.18. The van der Waals surface area contributed by atoms with Crippen LogP contribution in [0.25, 0.3) is 0 Å². The molecule has 128 valence electrons. The lowest BCUT2D eigenvalue weighted by Crippen LogP contribution is -2.32. The third-order valence-corrected chi connectivity index (χ3v) is 4.96. The number of nitrogens with zero attached hydrogens (tertiary/aromatic N) is 3. The highest BCUT2D eigenvalue weighted by atomic mass is 32.2. The lowest BCUT2D eigenvalue weighted by molar-refractivity contribution is -0.118. The first-order valence-corrected chi connectivity index (χ1v) is 9.30. The Morgan fingerprint density at radius 1 is 1.42 bits per heavy atom. The van der Waals surface area contributed by atoms with Crippen LogP contribution < -0.4 is 10.2 Å². The van der Waals surface area contributed by atoms with Crippen LogP contribution in [0, 0.1) is 12.8 Å². The van der Waals surface area contributed by atoms with Crippen LogP contribution in [-0.2, 0) is 10.5 Å². The zero-order chi connectivity index (χ0) is 16.8. The Bertz CT molecular complexity index is 662. The number of carbonyl (C=O) groups excluding carboxylic acids is 1. The Kier molecular flexibility index (Phi) is 5.74. The summed E-state index contributed by atoms with van der Waals surface area (Å²) in [6, 6.07) is 10.4. The van der Waals surface area contributed by atoms with Crippen LogP contribution >= 0.6 is 11.8 Å². The van der Waals surface area contributed by atoms with Gasteiger partial charge in [0, 0.05) is 32.2 Å². The topological polar surface area (TPSA) is 71.3 Å². The monoisotopic (exact) mass is 346 g/mol. The smallest absolute Gasteiger partial charge is 0.230 e. The van der Waals surface area contributed by atoms with E-state index in [9.17, 15) is 4.79 Å². The van der Waals surface area contributed by atoms with Gasteiger partial charge in [-0.15, -0.1) is 11.8 Å². The van der Waals surface area contributed by atoms with E-state index in [1.165, 1.54) is 17.4 Å². The highest BCUT2D eigenvalue weighted by Gasteiger charge is 2.22. The van der Waals surface area contributed by atoms with Crippen LogP contribution in [0.15, 0.2) is 34.9 Å². The van der Waals surface area contributed by atoms with Gasteiger partial charge in [-0.1, -0.05) is 23.4 Å². The molecular weight excluding hydrogens is 324 g/mol. The van der Waals surface area contributed by atoms with Gasteiger partial charge in [-0.25, -0.2) is 0 Å². The summed E-state index contributed by atoms with van der Waals surface area (Å²) in [6.45, 7) is 4.55. The van der Waals surface area contributed by atoms with Crippen molar-refractivity contribution in [2.75, 3.05) is 30.3 Å². The molecule has 0 saturated carbocycles. The fourth-order valence-corrected chi connectivity index (χ4v) is 3.51. The fraction of sp³-hybridized carbons (Fsp3) is 0.471. The highest BCUT2D eigenvalue weighted by Crippen LogP contribution is 2.22. The summed E-state index contributed by atoms with van der Waals surface area (Å²) in [5.74, 6) is 2.79. The zero-order valence-electron chi connectivity index (χ0n) is 13.8. The molecule has 1 fully saturated rings. The summed E-state index contributed by atoms with van der Waals surface area (Å²) in [6.07, 6.45) is 1.12. The van der Waals surface area contributed by atoms with Gasteiger partial charge in [0.15, 0.2) is 5.82 Å². The molecule has 1 atom stereocenters. The van der Waals surface area contributed by atoms with Crippen molar-refractivity contribution < 1.29 is 9.32 Å². The number of anilines is 1. The van der Waals surface area contributed by atoms with E-state index < -0.39 is 0 Å². The van der Waals surface area contributed by atoms with Gasteiger partial charge in [0.1, 0.15) is 0 Å². The number of aryl methyl sites for hydroxylation is 1. The molecule has 1 aliphatic heterocycles. The zero-order valence-corrected chi connectivity index (χ0v) is 14.6. The minimum absolute atomic E-state index is 0.0679. The lowest BCUT2D eigenvalue weighted by atomic mass is 10.1. The second-order valence-corrected chi connectivity index (χ2v) is 6.95. The molecule has 1 N–H and O–H groups in total. The number of aromatic nitrogens is 2. The van der Waals surface area contributed by atoms with Crippen LogP contribution in [0.4, 0.5) is 5.69 Å². The third-order valence-electron chi connectivity index (χ3n) is 4.03. The Hall–Kier alpha value is -2.02. The molecule has 3 rings (SSSR count). The van der Waals surface area contributed by atoms with Crippen molar-refractivity contribution in [3.63, 3.8) is 0 Å². The minimum atomic E-state index is 0.0679. The van der Waals surface area contributed by atoms with Crippen molar-refractivity contribution in [1.82, 2.24) is 15.5 Å². The van der Waals surface area contributed by atoms with E-state index in [-0.39, 0.29) is 5.91 Å². The van der Waals surface area contributed by atoms with Crippen LogP contribution in [0.2, 0.25) is 0 Å². The number of rotatable bonds is 7. The van der Waals surface area contributed by atoms with Crippen molar-refractivity contribution in [1.29, 1.82) is 0 Å². The van der Waals surface area contributed by atoms with E-state index in [0.717, 1.165) is 26.1 Å². The van der Waals surface area contributed by atoms with Crippen LogP contribution in [-0.4, -0.2) is 41.4 Å². The molecule has 2 heterocycles. The number of carbonyl (C=O) groups is 1. The molecule has 2 aromatic rings. The van der Waals surface area contributed by atoms with Gasteiger partial charge >= 0.3 is 0 Å². The van der Waals surface area contributed by atoms with Crippen molar-refractivity contribution in [2.45, 2.75) is 19.1 Å². The predicted octanol–water partition coefficient (Wildman–Crippen LogP) is 2.25. The number of hydrogen-bond acceptors (Lipinski definition) is 6. The van der Waals surface area contributed by atoms with Gasteiger partial charge in [-0.3, -0.25) is 4.79 Å². The van der Waals surface area contributed by atoms with Gasteiger partial charge in [0.2, 0.25) is 11.8 Å². The SMILES string of the molecule is Cc1nc(CSCC(=O)NC[C@H]2CCN(c3ccccc3)C2)no1. The average molecular weight is 346 g/mol. The molecule has 0 aliphatic carbocycles. The Balaban J connectivity index is 1.33. The number of para-hydroxylation sites is 1. The van der Waals surface area contributed by atoms with Gasteiger partial charge in [-0.05, 0) is 24.5 Å². The van der Waals surface area contributed by atoms with E-state index in [1.54, 1.807) is 6.92 Å². The Morgan fingerprint density at radius 3 is 3.00 bits per heavy atom. The molecule has 0 radical (unpaired) electrons. The molecule has 6 nitrogen and oxygen atoms in total. The van der Waals surface area contributed by atoms with Gasteiger partial charge in [0.05, 0.1) is 11.5 Å². The van der Waals surface area contributed by atoms with Crippen molar-refractivity contribution in [3.05, 3.63) is 42.0 Å². The molecule has 1 saturated heterocycles. The van der Waals surface area contributed by atoms with E-state index in [0.29, 0.717) is 29.1 Å². The number of thioether (sulfide) groups is 1. The standard InChI is InChI=1S/C17H22N4O2S/c1-13-19-16(20-23-13)11-24-12-17(22)18-9-14-7-8-21(10-14)15-5-3-2-4-6-15/h2-6,14H,7-12H2,1H3,(H,18,22)/t14-/m1/s1. The molecular formula is C17H22N4O2S. The van der Waals surface area contributed by atoms with Crippen LogP contribution in [0.5, 0.6) is 0 Å². The quantitative estimate of drug-likeness (QED) is 0.829. The second kappa shape index (κ2) is 8.19. The molecule has 1 aliphatic rings. The molecule has 0 unspecified atom stereocenters. The average Bonchev–Trinajstić information content (AvgIpc) is 3.23. The molecule has 0 bridgehead atoms. The van der Waals surface area contributed by atoms with E-state index >= 15 is 0 Å². The highest BCUT2D eigenvalue weighted by molar-refractivity contribution is 7.99. The first-order chi connectivity index (χ1) is 11.7. The van der Waals surface area contributed by atoms with Crippen molar-refractivity contribution in [3.8, 4) is 0 Å². The normalized spacial score (nSPS) is 17.2. The summed E-state index contributed by atoms with van der Waals surface area (Å²) in [7, 11) is 0. The molecule has 1 aromatic heterocycles. The Labute approximate surface area is 146 Å². The largest absolute Gasteiger partial charge is 0.371 e. The minimum Gasteiger partial charge on any atom is -0.371 e. The third kappa shape index (κ3) is 4.74. The predicted molar refractivity (Wildman–Crippen MR) is 95.0 cm³/mol. The summed E-state index contributed by atoms with van der Waals surface area (Å²) >= 11 is 1.50. The van der Waals surface area contributed by atoms with Gasteiger partial charge in [-0.2, -0.15) is 4.98 Å². The van der Waals surface area contributed by atoms with Gasteiger partial charge < -0.3 is 14.7 Å². The first kappa shape index (κ1) is 16.8. The van der Waals surface area contributed by atoms with E-state index in [1.807, 2.05) is 6.07 Å². The maximum atomic E-state index is 11.9. The summed E-state index contributed by atoms with van der Waals surface area (Å²) in [5, 5.41) is 6.85. The number of nitrogens with one attached hydrogen (secondary N) is 1. The molecule has 24 heavy (non-hydrogen) atoms. The van der Waals surface area contributed by atoms with E-state index in [2.05, 4.69) is 44.6 Å². The second-order valence-electron chi connectivity index (χ2n) is 5.96.